The van der Waals surface area contributed by atoms with E-state index >= 15 is 0 Å². The van der Waals surface area contributed by atoms with Gasteiger partial charge in [0, 0.05) is 54.6 Å². The summed E-state index contributed by atoms with van der Waals surface area (Å²) in [6.45, 7) is 0.326. The van der Waals surface area contributed by atoms with E-state index in [1.807, 2.05) is 74.0 Å². The summed E-state index contributed by atoms with van der Waals surface area (Å²) in [6, 6.07) is 23.5. The van der Waals surface area contributed by atoms with Crippen molar-refractivity contribution in [2.45, 2.75) is 6.61 Å². The molecule has 0 unspecified atom stereocenters. The van der Waals surface area contributed by atoms with Gasteiger partial charge in [-0.25, -0.2) is 4.98 Å². The molecule has 6 nitrogen and oxygen atoms in total. The topological polar surface area (TPSA) is 61.9 Å². The van der Waals surface area contributed by atoms with Gasteiger partial charge in [0.2, 0.25) is 5.56 Å². The summed E-state index contributed by atoms with van der Waals surface area (Å²) in [5.41, 5.74) is 5.58. The summed E-state index contributed by atoms with van der Waals surface area (Å²) >= 11 is 0. The lowest BCUT2D eigenvalue weighted by atomic mass is 10.1. The van der Waals surface area contributed by atoms with Gasteiger partial charge in [-0.3, -0.25) is 9.48 Å². The highest BCUT2D eigenvalue weighted by molar-refractivity contribution is 5.81. The van der Waals surface area contributed by atoms with Crippen molar-refractivity contribution in [3.05, 3.63) is 101 Å². The van der Waals surface area contributed by atoms with Crippen LogP contribution in [0.1, 0.15) is 5.69 Å². The molecule has 0 N–H and O–H groups in total. The van der Waals surface area contributed by atoms with E-state index < -0.39 is 0 Å². The normalized spacial score (nSPS) is 11.1. The maximum absolute atomic E-state index is 11.7. The van der Waals surface area contributed by atoms with Crippen LogP contribution in [0.5, 0.6) is 5.75 Å². The molecule has 0 saturated carbocycles. The standard InChI is InChI=1S/C26H22N4O2/c1-29-15-20(10-14-26(29)31)22-16-30(2)28-25(22)17-32-21-11-7-19(8-12-21)24-13-9-18-5-3-4-6-23(18)27-24/h3-16H,17H2,1-2H3. The number of aromatic nitrogens is 4. The van der Waals surface area contributed by atoms with Gasteiger partial charge in [-0.1, -0.05) is 24.3 Å². The van der Waals surface area contributed by atoms with E-state index in [9.17, 15) is 4.79 Å². The number of rotatable bonds is 5. The van der Waals surface area contributed by atoms with Gasteiger partial charge in [0.1, 0.15) is 18.1 Å². The molecule has 158 valence electrons. The van der Waals surface area contributed by atoms with Crippen LogP contribution in [0.25, 0.3) is 33.3 Å². The first-order valence-electron chi connectivity index (χ1n) is 10.4. The highest BCUT2D eigenvalue weighted by atomic mass is 16.5. The second-order valence-corrected chi connectivity index (χ2v) is 7.73. The molecule has 0 saturated heterocycles. The molecule has 0 bridgehead atoms. The molecule has 5 aromatic rings. The number of ether oxygens (including phenoxy) is 1. The van der Waals surface area contributed by atoms with Crippen molar-refractivity contribution >= 4 is 10.9 Å². The summed E-state index contributed by atoms with van der Waals surface area (Å²) in [6.07, 6.45) is 3.75. The smallest absolute Gasteiger partial charge is 0.250 e. The zero-order valence-corrected chi connectivity index (χ0v) is 17.9. The molecular weight excluding hydrogens is 400 g/mol. The number of hydrogen-bond acceptors (Lipinski definition) is 4. The van der Waals surface area contributed by atoms with E-state index in [2.05, 4.69) is 17.2 Å². The maximum atomic E-state index is 11.7. The van der Waals surface area contributed by atoms with Gasteiger partial charge in [-0.05, 0) is 42.5 Å². The number of nitrogens with zero attached hydrogens (tertiary/aromatic N) is 4. The maximum Gasteiger partial charge on any atom is 0.250 e. The third kappa shape index (κ3) is 3.90. The Bertz CT molecular complexity index is 1470. The summed E-state index contributed by atoms with van der Waals surface area (Å²) < 4.78 is 9.34. The molecule has 0 aliphatic rings. The minimum absolute atomic E-state index is 0.0450. The fourth-order valence-electron chi connectivity index (χ4n) is 3.74. The first-order chi connectivity index (χ1) is 15.6. The third-order valence-corrected chi connectivity index (χ3v) is 5.43. The van der Waals surface area contributed by atoms with Gasteiger partial charge in [0.15, 0.2) is 0 Å². The SMILES string of the molecule is Cn1cc(-c2ccc(=O)n(C)c2)c(COc2ccc(-c3ccc4ccccc4n3)cc2)n1. The molecule has 0 aliphatic carbocycles. The molecule has 6 heteroatoms. The second kappa shape index (κ2) is 8.15. The predicted octanol–water partition coefficient (Wildman–Crippen LogP) is 4.58. The molecule has 2 aromatic carbocycles. The van der Waals surface area contributed by atoms with Crippen molar-refractivity contribution in [3.63, 3.8) is 0 Å². The first-order valence-corrected chi connectivity index (χ1v) is 10.4. The van der Waals surface area contributed by atoms with Crippen LogP contribution >= 0.6 is 0 Å². The van der Waals surface area contributed by atoms with Crippen molar-refractivity contribution in [3.8, 4) is 28.1 Å². The molecule has 32 heavy (non-hydrogen) atoms. The number of pyridine rings is 2. The average Bonchev–Trinajstić information content (AvgIpc) is 3.20. The zero-order valence-electron chi connectivity index (χ0n) is 17.9. The van der Waals surface area contributed by atoms with E-state index in [0.717, 1.165) is 44.7 Å². The van der Waals surface area contributed by atoms with E-state index in [1.54, 1.807) is 22.4 Å². The monoisotopic (exact) mass is 422 g/mol. The molecule has 3 aromatic heterocycles. The summed E-state index contributed by atoms with van der Waals surface area (Å²) in [5.74, 6) is 0.756. The summed E-state index contributed by atoms with van der Waals surface area (Å²) in [4.78, 5) is 16.5. The quantitative estimate of drug-likeness (QED) is 0.416. The minimum Gasteiger partial charge on any atom is -0.487 e. The number of aryl methyl sites for hydroxylation is 2. The lowest BCUT2D eigenvalue weighted by Gasteiger charge is -2.08. The molecule has 0 aliphatic heterocycles. The Labute approximate surface area is 185 Å². The van der Waals surface area contributed by atoms with E-state index in [-0.39, 0.29) is 5.56 Å². The van der Waals surface area contributed by atoms with E-state index in [0.29, 0.717) is 6.61 Å². The fourth-order valence-corrected chi connectivity index (χ4v) is 3.74. The van der Waals surface area contributed by atoms with E-state index in [1.165, 1.54) is 0 Å². The van der Waals surface area contributed by atoms with Gasteiger partial charge in [0.25, 0.3) is 0 Å². The minimum atomic E-state index is -0.0450. The summed E-state index contributed by atoms with van der Waals surface area (Å²) in [5, 5.41) is 5.67. The Hall–Kier alpha value is -4.19. The average molecular weight is 422 g/mol. The van der Waals surface area contributed by atoms with Crippen LogP contribution < -0.4 is 10.3 Å². The van der Waals surface area contributed by atoms with Crippen molar-refractivity contribution in [2.24, 2.45) is 14.1 Å². The number of hydrogen-bond donors (Lipinski definition) is 0. The zero-order chi connectivity index (χ0) is 22.1. The first kappa shape index (κ1) is 19.8. The van der Waals surface area contributed by atoms with Crippen LogP contribution in [0.15, 0.2) is 90.0 Å². The molecule has 0 spiro atoms. The van der Waals surface area contributed by atoms with Crippen molar-refractivity contribution in [1.29, 1.82) is 0 Å². The molecule has 3 heterocycles. The van der Waals surface area contributed by atoms with E-state index in [4.69, 9.17) is 9.72 Å². The van der Waals surface area contributed by atoms with Crippen LogP contribution in [0.3, 0.4) is 0 Å². The Kier molecular flexibility index (Phi) is 5.03. The van der Waals surface area contributed by atoms with Gasteiger partial charge < -0.3 is 9.30 Å². The number of benzene rings is 2. The van der Waals surface area contributed by atoms with Crippen molar-refractivity contribution in [2.75, 3.05) is 0 Å². The lowest BCUT2D eigenvalue weighted by molar-refractivity contribution is 0.300. The van der Waals surface area contributed by atoms with Crippen LogP contribution in [0, 0.1) is 0 Å². The van der Waals surface area contributed by atoms with Gasteiger partial charge in [-0.2, -0.15) is 5.10 Å². The molecule has 0 atom stereocenters. The van der Waals surface area contributed by atoms with Crippen LogP contribution in [-0.2, 0) is 20.7 Å². The molecular formula is C26H22N4O2. The van der Waals surface area contributed by atoms with Gasteiger partial charge in [0.05, 0.1) is 11.2 Å². The fraction of sp³-hybridized carbons (Fsp3) is 0.115. The lowest BCUT2D eigenvalue weighted by Crippen LogP contribution is -2.14. The Morgan fingerprint density at radius 1 is 0.844 bits per heavy atom. The predicted molar refractivity (Wildman–Crippen MR) is 125 cm³/mol. The van der Waals surface area contributed by atoms with Gasteiger partial charge in [-0.15, -0.1) is 0 Å². The molecule has 5 rings (SSSR count). The Morgan fingerprint density at radius 3 is 2.44 bits per heavy atom. The Morgan fingerprint density at radius 2 is 1.62 bits per heavy atom. The summed E-state index contributed by atoms with van der Waals surface area (Å²) in [7, 11) is 3.62. The van der Waals surface area contributed by atoms with Crippen LogP contribution in [0.2, 0.25) is 0 Å². The third-order valence-electron chi connectivity index (χ3n) is 5.43. The molecule has 0 amide bonds. The van der Waals surface area contributed by atoms with Crippen LogP contribution in [-0.4, -0.2) is 19.3 Å². The van der Waals surface area contributed by atoms with Gasteiger partial charge >= 0.3 is 0 Å². The number of fused-ring (bicyclic) bond motifs is 1. The highest BCUT2D eigenvalue weighted by Crippen LogP contribution is 2.26. The van der Waals surface area contributed by atoms with Crippen molar-refractivity contribution < 1.29 is 4.74 Å². The Balaban J connectivity index is 1.34. The van der Waals surface area contributed by atoms with Crippen molar-refractivity contribution in [1.82, 2.24) is 19.3 Å². The molecule has 0 fully saturated rings. The number of para-hydroxylation sites is 1. The van der Waals surface area contributed by atoms with Crippen LogP contribution in [0.4, 0.5) is 0 Å². The second-order valence-electron chi connectivity index (χ2n) is 7.73. The molecule has 0 radical (unpaired) electrons. The highest BCUT2D eigenvalue weighted by Gasteiger charge is 2.12. The largest absolute Gasteiger partial charge is 0.487 e.